The van der Waals surface area contributed by atoms with Crippen LogP contribution in [0.15, 0.2) is 48.5 Å². The van der Waals surface area contributed by atoms with Gasteiger partial charge in [-0.25, -0.2) is 0 Å². The van der Waals surface area contributed by atoms with Crippen LogP contribution in [0, 0.1) is 0 Å². The number of nitrogens with one attached hydrogen (secondary N) is 2. The third-order valence-electron chi connectivity index (χ3n) is 3.49. The lowest BCUT2D eigenvalue weighted by Gasteiger charge is -2.14. The number of carbonyl (C=O) groups is 2. The second-order valence-electron chi connectivity index (χ2n) is 5.51. The van der Waals surface area contributed by atoms with Crippen LogP contribution in [0.5, 0.6) is 11.5 Å². The molecule has 6 heteroatoms. The van der Waals surface area contributed by atoms with E-state index in [2.05, 4.69) is 10.6 Å². The van der Waals surface area contributed by atoms with Crippen molar-refractivity contribution in [2.45, 2.75) is 20.3 Å². The molecule has 0 aliphatic rings. The number of benzene rings is 2. The predicted molar refractivity (Wildman–Crippen MR) is 101 cm³/mol. The number of anilines is 1. The highest BCUT2D eigenvalue weighted by atomic mass is 16.5. The van der Waals surface area contributed by atoms with Crippen molar-refractivity contribution in [2.24, 2.45) is 0 Å². The lowest BCUT2D eigenvalue weighted by atomic mass is 10.1. The van der Waals surface area contributed by atoms with Crippen LogP contribution in [0.2, 0.25) is 0 Å². The quantitative estimate of drug-likeness (QED) is 0.724. The molecule has 0 radical (unpaired) electrons. The van der Waals surface area contributed by atoms with E-state index in [4.69, 9.17) is 9.47 Å². The zero-order chi connectivity index (χ0) is 18.8. The summed E-state index contributed by atoms with van der Waals surface area (Å²) in [6, 6.07) is 14.6. The molecule has 6 nitrogen and oxygen atoms in total. The Hall–Kier alpha value is -3.02. The first-order valence-electron chi connectivity index (χ1n) is 8.62. The first kappa shape index (κ1) is 19.3. The Morgan fingerprint density at radius 2 is 1.65 bits per heavy atom. The molecule has 2 amide bonds. The fraction of sp³-hybridized carbons (Fsp3) is 0.300. The topological polar surface area (TPSA) is 76.7 Å². The van der Waals surface area contributed by atoms with Gasteiger partial charge in [0.25, 0.3) is 0 Å². The Morgan fingerprint density at radius 1 is 0.923 bits per heavy atom. The summed E-state index contributed by atoms with van der Waals surface area (Å²) >= 11 is 0. The first-order valence-corrected chi connectivity index (χ1v) is 8.62. The van der Waals surface area contributed by atoms with E-state index in [-0.39, 0.29) is 24.8 Å². The largest absolute Gasteiger partial charge is 0.494 e. The standard InChI is InChI=1S/C20H24N2O4/c1-3-25-16-10-11-18(26-4-2)17(13-16)22-20(24)14-21-19(23)12-15-8-6-5-7-9-15/h5-11,13H,3-4,12,14H2,1-2H3,(H,21,23)(H,22,24). The van der Waals surface area contributed by atoms with Crippen molar-refractivity contribution in [2.75, 3.05) is 25.1 Å². The molecule has 0 atom stereocenters. The molecule has 2 aromatic rings. The average molecular weight is 356 g/mol. The molecule has 0 saturated carbocycles. The lowest BCUT2D eigenvalue weighted by molar-refractivity contribution is -0.123. The van der Waals surface area contributed by atoms with Crippen LogP contribution < -0.4 is 20.1 Å². The number of amides is 2. The van der Waals surface area contributed by atoms with Gasteiger partial charge in [-0.15, -0.1) is 0 Å². The van der Waals surface area contributed by atoms with Crippen LogP contribution in [0.1, 0.15) is 19.4 Å². The van der Waals surface area contributed by atoms with Gasteiger partial charge in [-0.2, -0.15) is 0 Å². The Kier molecular flexibility index (Phi) is 7.49. The predicted octanol–water partition coefficient (Wildman–Crippen LogP) is 2.78. The second-order valence-corrected chi connectivity index (χ2v) is 5.51. The summed E-state index contributed by atoms with van der Waals surface area (Å²) in [5, 5.41) is 5.37. The Balaban J connectivity index is 1.91. The minimum Gasteiger partial charge on any atom is -0.494 e. The zero-order valence-electron chi connectivity index (χ0n) is 15.1. The molecule has 0 heterocycles. The molecule has 2 rings (SSSR count). The molecule has 0 aliphatic carbocycles. The number of rotatable bonds is 9. The van der Waals surface area contributed by atoms with Crippen LogP contribution in [0.3, 0.4) is 0 Å². The van der Waals surface area contributed by atoms with Gasteiger partial charge in [-0.3, -0.25) is 9.59 Å². The second kappa shape index (κ2) is 10.1. The van der Waals surface area contributed by atoms with E-state index in [1.807, 2.05) is 44.2 Å². The van der Waals surface area contributed by atoms with Crippen LogP contribution >= 0.6 is 0 Å². The summed E-state index contributed by atoms with van der Waals surface area (Å²) < 4.78 is 11.0. The van der Waals surface area contributed by atoms with Crippen LogP contribution in [0.4, 0.5) is 5.69 Å². The molecule has 0 saturated heterocycles. The van der Waals surface area contributed by atoms with Crippen molar-refractivity contribution in [3.63, 3.8) is 0 Å². The SMILES string of the molecule is CCOc1ccc(OCC)c(NC(=O)CNC(=O)Cc2ccccc2)c1. The van der Waals surface area contributed by atoms with Crippen molar-refractivity contribution in [3.05, 3.63) is 54.1 Å². The Labute approximate surface area is 153 Å². The number of hydrogen-bond donors (Lipinski definition) is 2. The summed E-state index contributed by atoms with van der Waals surface area (Å²) in [6.07, 6.45) is 0.234. The van der Waals surface area contributed by atoms with Gasteiger partial charge in [0, 0.05) is 6.07 Å². The van der Waals surface area contributed by atoms with Crippen LogP contribution in [-0.4, -0.2) is 31.6 Å². The van der Waals surface area contributed by atoms with E-state index < -0.39 is 0 Å². The van der Waals surface area contributed by atoms with Gasteiger partial charge in [0.2, 0.25) is 11.8 Å². The lowest BCUT2D eigenvalue weighted by Crippen LogP contribution is -2.33. The maximum atomic E-state index is 12.2. The van der Waals surface area contributed by atoms with Crippen molar-refractivity contribution in [1.82, 2.24) is 5.32 Å². The molecular weight excluding hydrogens is 332 g/mol. The summed E-state index contributed by atoms with van der Waals surface area (Å²) in [4.78, 5) is 24.1. The maximum Gasteiger partial charge on any atom is 0.243 e. The van der Waals surface area contributed by atoms with E-state index >= 15 is 0 Å². The molecule has 2 N–H and O–H groups in total. The fourth-order valence-corrected chi connectivity index (χ4v) is 2.36. The molecule has 0 fully saturated rings. The minimum atomic E-state index is -0.332. The fourth-order valence-electron chi connectivity index (χ4n) is 2.36. The summed E-state index contributed by atoms with van der Waals surface area (Å²) in [7, 11) is 0. The van der Waals surface area contributed by atoms with Crippen molar-refractivity contribution in [3.8, 4) is 11.5 Å². The first-order chi connectivity index (χ1) is 12.6. The van der Waals surface area contributed by atoms with Gasteiger partial charge < -0.3 is 20.1 Å². The van der Waals surface area contributed by atoms with Crippen molar-refractivity contribution >= 4 is 17.5 Å². The van der Waals surface area contributed by atoms with Gasteiger partial charge in [-0.05, 0) is 31.5 Å². The molecule has 0 unspecified atom stereocenters. The molecule has 26 heavy (non-hydrogen) atoms. The van der Waals surface area contributed by atoms with Gasteiger partial charge in [-0.1, -0.05) is 30.3 Å². The number of hydrogen-bond acceptors (Lipinski definition) is 4. The monoisotopic (exact) mass is 356 g/mol. The molecule has 0 aliphatic heterocycles. The average Bonchev–Trinajstić information content (AvgIpc) is 2.63. The van der Waals surface area contributed by atoms with Crippen molar-refractivity contribution < 1.29 is 19.1 Å². The highest BCUT2D eigenvalue weighted by Gasteiger charge is 2.11. The molecular formula is C20H24N2O4. The van der Waals surface area contributed by atoms with E-state index in [1.54, 1.807) is 18.2 Å². The smallest absolute Gasteiger partial charge is 0.243 e. The maximum absolute atomic E-state index is 12.2. The zero-order valence-corrected chi connectivity index (χ0v) is 15.1. The molecule has 0 aromatic heterocycles. The Morgan fingerprint density at radius 3 is 2.35 bits per heavy atom. The van der Waals surface area contributed by atoms with E-state index in [0.717, 1.165) is 5.56 Å². The summed E-state index contributed by atoms with van der Waals surface area (Å²) in [6.45, 7) is 4.64. The van der Waals surface area contributed by atoms with Crippen LogP contribution in [0.25, 0.3) is 0 Å². The van der Waals surface area contributed by atoms with Gasteiger partial charge in [0.05, 0.1) is 31.9 Å². The highest BCUT2D eigenvalue weighted by molar-refractivity contribution is 5.96. The van der Waals surface area contributed by atoms with Gasteiger partial charge in [0.1, 0.15) is 11.5 Å². The highest BCUT2D eigenvalue weighted by Crippen LogP contribution is 2.29. The summed E-state index contributed by atoms with van der Waals surface area (Å²) in [5.74, 6) is 0.653. The molecule has 0 spiro atoms. The molecule has 2 aromatic carbocycles. The third kappa shape index (κ3) is 6.12. The minimum absolute atomic E-state index is 0.115. The Bertz CT molecular complexity index is 732. The van der Waals surface area contributed by atoms with E-state index in [1.165, 1.54) is 0 Å². The van der Waals surface area contributed by atoms with Crippen molar-refractivity contribution in [1.29, 1.82) is 0 Å². The van der Waals surface area contributed by atoms with Gasteiger partial charge in [0.15, 0.2) is 0 Å². The normalized spacial score (nSPS) is 10.1. The van der Waals surface area contributed by atoms with Crippen LogP contribution in [-0.2, 0) is 16.0 Å². The third-order valence-corrected chi connectivity index (χ3v) is 3.49. The molecule has 138 valence electrons. The number of ether oxygens (including phenoxy) is 2. The number of carbonyl (C=O) groups excluding carboxylic acids is 2. The summed E-state index contributed by atoms with van der Waals surface area (Å²) in [5.41, 5.74) is 1.41. The van der Waals surface area contributed by atoms with E-state index in [9.17, 15) is 9.59 Å². The van der Waals surface area contributed by atoms with Gasteiger partial charge >= 0.3 is 0 Å². The molecule has 0 bridgehead atoms. The van der Waals surface area contributed by atoms with E-state index in [0.29, 0.717) is 30.4 Å².